The molecule has 1 aliphatic heterocycles. The first-order chi connectivity index (χ1) is 17.2. The van der Waals surface area contributed by atoms with Gasteiger partial charge in [-0.1, -0.05) is 64.9 Å². The van der Waals surface area contributed by atoms with E-state index in [0.29, 0.717) is 40.4 Å². The molecule has 0 spiro atoms. The van der Waals surface area contributed by atoms with E-state index in [4.69, 9.17) is 28.2 Å². The number of aryl methyl sites for hydroxylation is 1. The molecule has 2 aromatic heterocycles. The van der Waals surface area contributed by atoms with E-state index in [-0.39, 0.29) is 16.7 Å². The molecular formula is C25H23Cl2N3O3S3. The zero-order valence-electron chi connectivity index (χ0n) is 19.4. The van der Waals surface area contributed by atoms with Gasteiger partial charge < -0.3 is 0 Å². The average molecular weight is 581 g/mol. The van der Waals surface area contributed by atoms with Crippen LogP contribution in [-0.2, 0) is 21.4 Å². The predicted octanol–water partition coefficient (Wildman–Crippen LogP) is 6.61. The van der Waals surface area contributed by atoms with Gasteiger partial charge in [-0.05, 0) is 55.2 Å². The Balaban J connectivity index is 1.47. The third kappa shape index (κ3) is 5.05. The second kappa shape index (κ2) is 10.4. The van der Waals surface area contributed by atoms with Crippen molar-refractivity contribution < 1.29 is 13.2 Å². The van der Waals surface area contributed by atoms with E-state index in [2.05, 4.69) is 0 Å². The number of thiophene rings is 1. The summed E-state index contributed by atoms with van der Waals surface area (Å²) >= 11 is 14.8. The molecule has 3 heterocycles. The SMILES string of the molecule is Cc1c(Cl)ccc2sc(N(Cc3ccccc3)C(=O)C3CCCN(S(=O)(=O)c4ccc(Cl)s4)C3)nc12. The Bertz CT molecular complexity index is 1520. The Morgan fingerprint density at radius 3 is 2.61 bits per heavy atom. The first-order valence-electron chi connectivity index (χ1n) is 11.4. The van der Waals surface area contributed by atoms with E-state index in [1.165, 1.54) is 21.7 Å². The average Bonchev–Trinajstić information content (AvgIpc) is 3.52. The molecule has 11 heteroatoms. The fraction of sp³-hybridized carbons (Fsp3) is 0.280. The molecule has 0 N–H and O–H groups in total. The highest BCUT2D eigenvalue weighted by Crippen LogP contribution is 2.36. The van der Waals surface area contributed by atoms with Gasteiger partial charge in [-0.3, -0.25) is 9.69 Å². The van der Waals surface area contributed by atoms with Crippen molar-refractivity contribution in [2.45, 2.75) is 30.5 Å². The summed E-state index contributed by atoms with van der Waals surface area (Å²) in [6.45, 7) is 2.76. The fourth-order valence-corrected chi connectivity index (χ4v) is 8.70. The first kappa shape index (κ1) is 25.6. The number of amides is 1. The summed E-state index contributed by atoms with van der Waals surface area (Å²) in [5.74, 6) is -0.616. The summed E-state index contributed by atoms with van der Waals surface area (Å²) in [5, 5.41) is 1.20. The van der Waals surface area contributed by atoms with Crippen molar-refractivity contribution >= 4 is 77.2 Å². The lowest BCUT2D eigenvalue weighted by Gasteiger charge is -2.33. The predicted molar refractivity (Wildman–Crippen MR) is 148 cm³/mol. The van der Waals surface area contributed by atoms with Gasteiger partial charge in [-0.25, -0.2) is 13.4 Å². The molecule has 6 nitrogen and oxygen atoms in total. The van der Waals surface area contributed by atoms with Crippen molar-refractivity contribution in [3.8, 4) is 0 Å². The number of piperidine rings is 1. The molecule has 1 amide bonds. The number of thiazole rings is 1. The Morgan fingerprint density at radius 2 is 1.89 bits per heavy atom. The molecular weight excluding hydrogens is 557 g/mol. The summed E-state index contributed by atoms with van der Waals surface area (Å²) in [6, 6.07) is 16.6. The van der Waals surface area contributed by atoms with Crippen LogP contribution in [-0.4, -0.2) is 36.7 Å². The number of nitrogens with zero attached hydrogens (tertiary/aromatic N) is 3. The number of fused-ring (bicyclic) bond motifs is 1. The first-order valence-corrected chi connectivity index (χ1v) is 15.2. The minimum atomic E-state index is -3.72. The normalized spacial score (nSPS) is 16.9. The number of anilines is 1. The lowest BCUT2D eigenvalue weighted by atomic mass is 9.98. The zero-order valence-corrected chi connectivity index (χ0v) is 23.3. The number of halogens is 2. The Hall–Kier alpha value is -2.01. The molecule has 0 bridgehead atoms. The molecule has 36 heavy (non-hydrogen) atoms. The van der Waals surface area contributed by atoms with Crippen LogP contribution in [0.25, 0.3) is 10.2 Å². The monoisotopic (exact) mass is 579 g/mol. The van der Waals surface area contributed by atoms with Crippen molar-refractivity contribution in [3.05, 3.63) is 75.1 Å². The van der Waals surface area contributed by atoms with Crippen molar-refractivity contribution in [1.29, 1.82) is 0 Å². The summed E-state index contributed by atoms with van der Waals surface area (Å²) in [4.78, 5) is 20.5. The quantitative estimate of drug-likeness (QED) is 0.258. The fourth-order valence-electron chi connectivity index (χ4n) is 4.36. The molecule has 1 aliphatic rings. The summed E-state index contributed by atoms with van der Waals surface area (Å²) in [7, 11) is -3.72. The number of benzene rings is 2. The lowest BCUT2D eigenvalue weighted by molar-refractivity contribution is -0.123. The van der Waals surface area contributed by atoms with Crippen LogP contribution < -0.4 is 4.90 Å². The van der Waals surface area contributed by atoms with Gasteiger partial charge in [0.1, 0.15) is 4.21 Å². The second-order valence-electron chi connectivity index (χ2n) is 8.69. The van der Waals surface area contributed by atoms with E-state index < -0.39 is 15.9 Å². The van der Waals surface area contributed by atoms with Gasteiger partial charge >= 0.3 is 0 Å². The molecule has 0 radical (unpaired) electrons. The highest BCUT2D eigenvalue weighted by atomic mass is 35.5. The van der Waals surface area contributed by atoms with Crippen LogP contribution in [0.3, 0.4) is 0 Å². The minimum Gasteiger partial charge on any atom is -0.283 e. The van der Waals surface area contributed by atoms with Gasteiger partial charge in [0.15, 0.2) is 5.13 Å². The van der Waals surface area contributed by atoms with Crippen LogP contribution in [0.4, 0.5) is 5.13 Å². The topological polar surface area (TPSA) is 70.6 Å². The third-order valence-corrected chi connectivity index (χ3v) is 11.3. The van der Waals surface area contributed by atoms with Crippen LogP contribution in [0, 0.1) is 12.8 Å². The van der Waals surface area contributed by atoms with Gasteiger partial charge in [-0.15, -0.1) is 11.3 Å². The Kier molecular flexibility index (Phi) is 7.40. The van der Waals surface area contributed by atoms with Crippen molar-refractivity contribution in [1.82, 2.24) is 9.29 Å². The van der Waals surface area contributed by atoms with E-state index in [9.17, 15) is 13.2 Å². The van der Waals surface area contributed by atoms with E-state index >= 15 is 0 Å². The highest BCUT2D eigenvalue weighted by molar-refractivity contribution is 7.91. The highest BCUT2D eigenvalue weighted by Gasteiger charge is 2.37. The Labute approximate surface area is 228 Å². The molecule has 2 aromatic carbocycles. The summed E-state index contributed by atoms with van der Waals surface area (Å²) in [6.07, 6.45) is 1.21. The van der Waals surface area contributed by atoms with Crippen LogP contribution in [0.2, 0.25) is 9.36 Å². The molecule has 188 valence electrons. The lowest BCUT2D eigenvalue weighted by Crippen LogP contribution is -2.46. The van der Waals surface area contributed by atoms with Crippen LogP contribution >= 0.6 is 45.9 Å². The smallest absolute Gasteiger partial charge is 0.252 e. The van der Waals surface area contributed by atoms with E-state index in [1.54, 1.807) is 11.0 Å². The summed E-state index contributed by atoms with van der Waals surface area (Å²) in [5.41, 5.74) is 2.61. The molecule has 0 saturated carbocycles. The second-order valence-corrected chi connectivity index (χ2v) is 14.0. The van der Waals surface area contributed by atoms with Gasteiger partial charge in [0.05, 0.1) is 27.0 Å². The molecule has 1 saturated heterocycles. The number of carbonyl (C=O) groups excluding carboxylic acids is 1. The van der Waals surface area contributed by atoms with Gasteiger partial charge in [0, 0.05) is 18.1 Å². The Morgan fingerprint density at radius 1 is 1.11 bits per heavy atom. The molecule has 1 fully saturated rings. The third-order valence-electron chi connectivity index (χ3n) is 6.29. The maximum Gasteiger partial charge on any atom is 0.252 e. The number of aromatic nitrogens is 1. The molecule has 0 aliphatic carbocycles. The van der Waals surface area contributed by atoms with Crippen LogP contribution in [0.5, 0.6) is 0 Å². The van der Waals surface area contributed by atoms with Crippen molar-refractivity contribution in [2.75, 3.05) is 18.0 Å². The standard InChI is InChI=1S/C25H23Cl2N3O3S3/c1-16-19(26)9-10-20-23(16)28-25(34-20)30(14-17-6-3-2-4-7-17)24(31)18-8-5-13-29(15-18)36(32,33)22-12-11-21(27)35-22/h2-4,6-7,9-12,18H,5,8,13-15H2,1H3. The van der Waals surface area contributed by atoms with Crippen molar-refractivity contribution in [3.63, 3.8) is 0 Å². The van der Waals surface area contributed by atoms with Gasteiger partial charge in [0.25, 0.3) is 10.0 Å². The summed E-state index contributed by atoms with van der Waals surface area (Å²) < 4.78 is 29.4. The number of rotatable bonds is 6. The van der Waals surface area contributed by atoms with Crippen LogP contribution in [0.1, 0.15) is 24.0 Å². The maximum atomic E-state index is 14.0. The van der Waals surface area contributed by atoms with Gasteiger partial charge in [-0.2, -0.15) is 4.31 Å². The molecule has 4 aromatic rings. The number of carbonyl (C=O) groups is 1. The van der Waals surface area contributed by atoms with E-state index in [1.807, 2.05) is 49.4 Å². The van der Waals surface area contributed by atoms with Crippen LogP contribution in [0.15, 0.2) is 58.8 Å². The largest absolute Gasteiger partial charge is 0.283 e. The number of hydrogen-bond acceptors (Lipinski definition) is 6. The molecule has 1 unspecified atom stereocenters. The van der Waals surface area contributed by atoms with E-state index in [0.717, 1.165) is 32.7 Å². The molecule has 5 rings (SSSR count). The zero-order chi connectivity index (χ0) is 25.4. The number of sulfonamides is 1. The minimum absolute atomic E-state index is 0.123. The van der Waals surface area contributed by atoms with Crippen molar-refractivity contribution in [2.24, 2.45) is 5.92 Å². The number of hydrogen-bond donors (Lipinski definition) is 0. The molecule has 1 atom stereocenters. The van der Waals surface area contributed by atoms with Gasteiger partial charge in [0.2, 0.25) is 5.91 Å². The maximum absolute atomic E-state index is 14.0.